The lowest BCUT2D eigenvalue weighted by atomic mass is 10.1. The molecule has 1 saturated heterocycles. The molecule has 0 radical (unpaired) electrons. The average Bonchev–Trinajstić information content (AvgIpc) is 2.39. The van der Waals surface area contributed by atoms with Crippen LogP contribution in [0.25, 0.3) is 0 Å². The number of nitrogens with one attached hydrogen (secondary N) is 1. The Morgan fingerprint density at radius 2 is 1.65 bits per heavy atom. The summed E-state index contributed by atoms with van der Waals surface area (Å²) in [6.07, 6.45) is 2.23. The van der Waals surface area contributed by atoms with Crippen LogP contribution in [0.2, 0.25) is 0 Å². The van der Waals surface area contributed by atoms with Crippen LogP contribution in [0.4, 0.5) is 0 Å². The predicted octanol–water partition coefficient (Wildman–Crippen LogP) is 0.802. The van der Waals surface area contributed by atoms with E-state index in [1.807, 2.05) is 12.1 Å². The van der Waals surface area contributed by atoms with Crippen LogP contribution < -0.4 is 10.1 Å². The third kappa shape index (κ3) is 3.43. The summed E-state index contributed by atoms with van der Waals surface area (Å²) in [6.45, 7) is 1.90. The summed E-state index contributed by atoms with van der Waals surface area (Å²) in [5.41, 5.74) is 1.56. The van der Waals surface area contributed by atoms with E-state index in [-0.39, 0.29) is 19.3 Å². The molecule has 0 atom stereocenters. The molecule has 0 spiro atoms. The number of aliphatic hydroxyl groups is 2. The maximum Gasteiger partial charge on any atom is 0.120 e. The van der Waals surface area contributed by atoms with E-state index in [1.54, 1.807) is 6.07 Å². The zero-order chi connectivity index (χ0) is 12.1. The van der Waals surface area contributed by atoms with Gasteiger partial charge >= 0.3 is 0 Å². The van der Waals surface area contributed by atoms with E-state index >= 15 is 0 Å². The number of hydrogen-bond donors (Lipinski definition) is 3. The molecule has 0 unspecified atom stereocenters. The standard InChI is InChI=1S/C13H19NO3/c15-8-10-5-11(9-16)7-13(6-10)17-12-1-3-14-4-2-12/h5-7,12,14-16H,1-4,8-9H2. The van der Waals surface area contributed by atoms with E-state index in [0.29, 0.717) is 0 Å². The summed E-state index contributed by atoms with van der Waals surface area (Å²) in [6, 6.07) is 5.46. The molecule has 0 saturated carbocycles. The topological polar surface area (TPSA) is 61.7 Å². The summed E-state index contributed by atoms with van der Waals surface area (Å²) < 4.78 is 5.88. The summed E-state index contributed by atoms with van der Waals surface area (Å²) in [7, 11) is 0. The Hall–Kier alpha value is -1.10. The van der Waals surface area contributed by atoms with Crippen LogP contribution in [0.3, 0.4) is 0 Å². The first-order valence-corrected chi connectivity index (χ1v) is 6.04. The molecule has 0 aliphatic carbocycles. The lowest BCUT2D eigenvalue weighted by Gasteiger charge is -2.24. The highest BCUT2D eigenvalue weighted by Gasteiger charge is 2.14. The van der Waals surface area contributed by atoms with E-state index < -0.39 is 0 Å². The molecule has 0 aromatic heterocycles. The van der Waals surface area contributed by atoms with Gasteiger partial charge in [-0.25, -0.2) is 0 Å². The smallest absolute Gasteiger partial charge is 0.120 e. The number of aliphatic hydroxyl groups excluding tert-OH is 2. The Labute approximate surface area is 101 Å². The average molecular weight is 237 g/mol. The van der Waals surface area contributed by atoms with Gasteiger partial charge in [-0.2, -0.15) is 0 Å². The minimum absolute atomic E-state index is 0.0313. The second-order valence-corrected chi connectivity index (χ2v) is 4.37. The van der Waals surface area contributed by atoms with E-state index in [4.69, 9.17) is 14.9 Å². The Morgan fingerprint density at radius 1 is 1.06 bits per heavy atom. The van der Waals surface area contributed by atoms with Crippen LogP contribution in [-0.2, 0) is 13.2 Å². The normalized spacial score (nSPS) is 17.1. The largest absolute Gasteiger partial charge is 0.490 e. The van der Waals surface area contributed by atoms with Crippen LogP contribution in [-0.4, -0.2) is 29.4 Å². The molecule has 94 valence electrons. The zero-order valence-electron chi connectivity index (χ0n) is 9.85. The van der Waals surface area contributed by atoms with Crippen molar-refractivity contribution in [3.8, 4) is 5.75 Å². The van der Waals surface area contributed by atoms with E-state index in [9.17, 15) is 0 Å². The zero-order valence-corrected chi connectivity index (χ0v) is 9.85. The van der Waals surface area contributed by atoms with Crippen molar-refractivity contribution in [1.82, 2.24) is 5.32 Å². The van der Waals surface area contributed by atoms with Gasteiger partial charge in [-0.05, 0) is 49.2 Å². The van der Waals surface area contributed by atoms with Gasteiger partial charge in [0.1, 0.15) is 11.9 Å². The molecule has 1 aromatic carbocycles. The number of rotatable bonds is 4. The summed E-state index contributed by atoms with van der Waals surface area (Å²) in [4.78, 5) is 0. The minimum atomic E-state index is -0.0313. The highest BCUT2D eigenvalue weighted by Crippen LogP contribution is 2.21. The highest BCUT2D eigenvalue weighted by molar-refractivity contribution is 5.34. The highest BCUT2D eigenvalue weighted by atomic mass is 16.5. The SMILES string of the molecule is OCc1cc(CO)cc(OC2CCNCC2)c1. The molecular formula is C13H19NO3. The van der Waals surface area contributed by atoms with Gasteiger partial charge in [-0.3, -0.25) is 0 Å². The lowest BCUT2D eigenvalue weighted by Crippen LogP contribution is -2.34. The fraction of sp³-hybridized carbons (Fsp3) is 0.538. The van der Waals surface area contributed by atoms with Crippen LogP contribution in [0.1, 0.15) is 24.0 Å². The van der Waals surface area contributed by atoms with E-state index in [1.165, 1.54) is 0 Å². The maximum atomic E-state index is 9.14. The second-order valence-electron chi connectivity index (χ2n) is 4.37. The number of hydrogen-bond acceptors (Lipinski definition) is 4. The molecule has 1 fully saturated rings. The monoisotopic (exact) mass is 237 g/mol. The molecule has 0 amide bonds. The van der Waals surface area contributed by atoms with Crippen LogP contribution >= 0.6 is 0 Å². The molecule has 17 heavy (non-hydrogen) atoms. The van der Waals surface area contributed by atoms with E-state index in [2.05, 4.69) is 5.32 Å². The fourth-order valence-electron chi connectivity index (χ4n) is 2.08. The van der Waals surface area contributed by atoms with Crippen LogP contribution in [0, 0.1) is 0 Å². The first-order valence-electron chi connectivity index (χ1n) is 6.04. The Morgan fingerprint density at radius 3 is 2.18 bits per heavy atom. The number of piperidine rings is 1. The molecule has 4 nitrogen and oxygen atoms in total. The first kappa shape index (κ1) is 12.4. The van der Waals surface area contributed by atoms with Crippen molar-refractivity contribution in [2.24, 2.45) is 0 Å². The predicted molar refractivity (Wildman–Crippen MR) is 64.8 cm³/mol. The summed E-state index contributed by atoms with van der Waals surface area (Å²) in [5.74, 6) is 0.743. The van der Waals surface area contributed by atoms with Gasteiger partial charge < -0.3 is 20.3 Å². The van der Waals surface area contributed by atoms with E-state index in [0.717, 1.165) is 42.8 Å². The number of ether oxygens (including phenoxy) is 1. The van der Waals surface area contributed by atoms with Gasteiger partial charge in [-0.1, -0.05) is 6.07 Å². The molecule has 1 heterocycles. The van der Waals surface area contributed by atoms with Gasteiger partial charge in [0.25, 0.3) is 0 Å². The molecule has 1 aliphatic rings. The third-order valence-electron chi connectivity index (χ3n) is 2.98. The van der Waals surface area contributed by atoms with Gasteiger partial charge in [0, 0.05) is 0 Å². The second kappa shape index (κ2) is 6.00. The lowest BCUT2D eigenvalue weighted by molar-refractivity contribution is 0.161. The molecule has 4 heteroatoms. The van der Waals surface area contributed by atoms with Crippen LogP contribution in [0.5, 0.6) is 5.75 Å². The Kier molecular flexibility index (Phi) is 4.36. The number of benzene rings is 1. The summed E-state index contributed by atoms with van der Waals surface area (Å²) in [5, 5.41) is 21.6. The molecule has 0 bridgehead atoms. The Bertz CT molecular complexity index is 339. The first-order chi connectivity index (χ1) is 8.31. The molecule has 1 aliphatic heterocycles. The van der Waals surface area contributed by atoms with Crippen molar-refractivity contribution in [2.75, 3.05) is 13.1 Å². The molecule has 1 aromatic rings. The quantitative estimate of drug-likeness (QED) is 0.725. The Balaban J connectivity index is 2.07. The van der Waals surface area contributed by atoms with Gasteiger partial charge in [0.05, 0.1) is 13.2 Å². The van der Waals surface area contributed by atoms with Crippen molar-refractivity contribution in [2.45, 2.75) is 32.2 Å². The molecule has 2 rings (SSSR count). The van der Waals surface area contributed by atoms with Gasteiger partial charge in [-0.15, -0.1) is 0 Å². The minimum Gasteiger partial charge on any atom is -0.490 e. The van der Waals surface area contributed by atoms with Gasteiger partial charge in [0.15, 0.2) is 0 Å². The van der Waals surface area contributed by atoms with Crippen molar-refractivity contribution in [1.29, 1.82) is 0 Å². The van der Waals surface area contributed by atoms with Crippen molar-refractivity contribution >= 4 is 0 Å². The van der Waals surface area contributed by atoms with Crippen molar-refractivity contribution < 1.29 is 14.9 Å². The molecule has 3 N–H and O–H groups in total. The van der Waals surface area contributed by atoms with Crippen LogP contribution in [0.15, 0.2) is 18.2 Å². The summed E-state index contributed by atoms with van der Waals surface area (Å²) >= 11 is 0. The third-order valence-corrected chi connectivity index (χ3v) is 2.98. The van der Waals surface area contributed by atoms with Crippen molar-refractivity contribution in [3.05, 3.63) is 29.3 Å². The van der Waals surface area contributed by atoms with Gasteiger partial charge in [0.2, 0.25) is 0 Å². The maximum absolute atomic E-state index is 9.14. The fourth-order valence-corrected chi connectivity index (χ4v) is 2.08. The molecular weight excluding hydrogens is 218 g/mol. The van der Waals surface area contributed by atoms with Crippen molar-refractivity contribution in [3.63, 3.8) is 0 Å².